The lowest BCUT2D eigenvalue weighted by atomic mass is 9.90. The molecule has 2 N–H and O–H groups in total. The van der Waals surface area contributed by atoms with E-state index in [0.29, 0.717) is 6.04 Å². The van der Waals surface area contributed by atoms with Gasteiger partial charge in [0.05, 0.1) is 6.04 Å². The van der Waals surface area contributed by atoms with Crippen molar-refractivity contribution in [1.29, 1.82) is 0 Å². The van der Waals surface area contributed by atoms with Gasteiger partial charge in [-0.25, -0.2) is 4.98 Å². The van der Waals surface area contributed by atoms with Crippen LogP contribution in [-0.4, -0.2) is 22.3 Å². The molecule has 1 fully saturated rings. The molecule has 0 saturated carbocycles. The second kappa shape index (κ2) is 6.69. The maximum atomic E-state index is 11.5. The molecule has 5 nitrogen and oxygen atoms in total. The van der Waals surface area contributed by atoms with E-state index < -0.39 is 5.91 Å². The Kier molecular flexibility index (Phi) is 4.78. The SMILES string of the molecule is CC(C)(C)c1oc(C(N)=O)cc1CN1CCCC[C@H]1c1nccs1. The third-order valence-corrected chi connectivity index (χ3v) is 5.33. The van der Waals surface area contributed by atoms with Crippen LogP contribution in [0.1, 0.15) is 73.0 Å². The van der Waals surface area contributed by atoms with Crippen molar-refractivity contribution < 1.29 is 9.21 Å². The average Bonchev–Trinajstić information content (AvgIpc) is 3.16. The van der Waals surface area contributed by atoms with Gasteiger partial charge in [-0.2, -0.15) is 0 Å². The molecular weight excluding hydrogens is 322 g/mol. The molecular formula is C18H25N3O2S. The Balaban J connectivity index is 1.90. The summed E-state index contributed by atoms with van der Waals surface area (Å²) in [5, 5.41) is 3.21. The van der Waals surface area contributed by atoms with Gasteiger partial charge in [0.2, 0.25) is 0 Å². The first-order valence-corrected chi connectivity index (χ1v) is 9.30. The van der Waals surface area contributed by atoms with E-state index in [0.717, 1.165) is 30.8 Å². The van der Waals surface area contributed by atoms with Gasteiger partial charge >= 0.3 is 0 Å². The summed E-state index contributed by atoms with van der Waals surface area (Å²) in [7, 11) is 0. The number of thiazole rings is 1. The highest BCUT2D eigenvalue weighted by Crippen LogP contribution is 2.36. The summed E-state index contributed by atoms with van der Waals surface area (Å²) in [6.45, 7) is 8.07. The summed E-state index contributed by atoms with van der Waals surface area (Å²) in [6, 6.07) is 2.16. The Hall–Kier alpha value is -1.66. The molecule has 1 atom stereocenters. The summed E-state index contributed by atoms with van der Waals surface area (Å²) < 4.78 is 5.79. The summed E-state index contributed by atoms with van der Waals surface area (Å²) in [6.07, 6.45) is 5.41. The zero-order chi connectivity index (χ0) is 17.3. The first-order chi connectivity index (χ1) is 11.4. The average molecular weight is 347 g/mol. The number of carbonyl (C=O) groups is 1. The van der Waals surface area contributed by atoms with E-state index in [2.05, 4.69) is 30.7 Å². The van der Waals surface area contributed by atoms with Crippen molar-refractivity contribution in [1.82, 2.24) is 9.88 Å². The molecule has 1 aliphatic rings. The number of hydrogen-bond acceptors (Lipinski definition) is 5. The highest BCUT2D eigenvalue weighted by atomic mass is 32.1. The zero-order valence-electron chi connectivity index (χ0n) is 14.5. The number of piperidine rings is 1. The van der Waals surface area contributed by atoms with E-state index in [1.165, 1.54) is 17.8 Å². The molecule has 0 bridgehead atoms. The van der Waals surface area contributed by atoms with Gasteiger partial charge in [0, 0.05) is 29.1 Å². The number of aromatic nitrogens is 1. The molecule has 0 aromatic carbocycles. The number of amides is 1. The van der Waals surface area contributed by atoms with E-state index >= 15 is 0 Å². The van der Waals surface area contributed by atoms with E-state index in [9.17, 15) is 4.79 Å². The molecule has 0 aliphatic carbocycles. The molecule has 1 amide bonds. The minimum absolute atomic E-state index is 0.171. The fourth-order valence-corrected chi connectivity index (χ4v) is 4.19. The topological polar surface area (TPSA) is 72.4 Å². The Morgan fingerprint density at radius 3 is 2.88 bits per heavy atom. The Morgan fingerprint density at radius 1 is 1.46 bits per heavy atom. The van der Waals surface area contributed by atoms with Crippen LogP contribution in [0.3, 0.4) is 0 Å². The van der Waals surface area contributed by atoms with Crippen LogP contribution in [0.25, 0.3) is 0 Å². The Morgan fingerprint density at radius 2 is 2.25 bits per heavy atom. The van der Waals surface area contributed by atoms with E-state index in [4.69, 9.17) is 10.2 Å². The number of primary amides is 1. The van der Waals surface area contributed by atoms with Crippen molar-refractivity contribution >= 4 is 17.2 Å². The lowest BCUT2D eigenvalue weighted by Gasteiger charge is -2.34. The molecule has 2 aromatic heterocycles. The second-order valence-electron chi connectivity index (χ2n) is 7.43. The normalized spacial score (nSPS) is 19.5. The smallest absolute Gasteiger partial charge is 0.284 e. The van der Waals surface area contributed by atoms with Crippen LogP contribution in [0, 0.1) is 0 Å². The molecule has 0 radical (unpaired) electrons. The summed E-state index contributed by atoms with van der Waals surface area (Å²) in [5.74, 6) is 0.583. The monoisotopic (exact) mass is 347 g/mol. The molecule has 2 aromatic rings. The minimum atomic E-state index is -0.512. The van der Waals surface area contributed by atoms with Gasteiger partial charge in [-0.05, 0) is 25.5 Å². The molecule has 1 aliphatic heterocycles. The van der Waals surface area contributed by atoms with Crippen molar-refractivity contribution in [2.75, 3.05) is 6.54 Å². The fourth-order valence-electron chi connectivity index (χ4n) is 3.38. The van der Waals surface area contributed by atoms with Crippen LogP contribution in [0.4, 0.5) is 0 Å². The number of carbonyl (C=O) groups excluding carboxylic acids is 1. The second-order valence-corrected chi connectivity index (χ2v) is 8.36. The van der Waals surface area contributed by atoms with Gasteiger partial charge in [-0.1, -0.05) is 27.2 Å². The number of likely N-dealkylation sites (tertiary alicyclic amines) is 1. The van der Waals surface area contributed by atoms with Crippen molar-refractivity contribution in [2.45, 2.75) is 58.0 Å². The van der Waals surface area contributed by atoms with Crippen LogP contribution in [0.2, 0.25) is 0 Å². The molecule has 0 spiro atoms. The molecule has 130 valence electrons. The number of hydrogen-bond donors (Lipinski definition) is 1. The van der Waals surface area contributed by atoms with Crippen molar-refractivity contribution in [3.05, 3.63) is 39.7 Å². The van der Waals surface area contributed by atoms with Gasteiger partial charge < -0.3 is 10.2 Å². The zero-order valence-corrected chi connectivity index (χ0v) is 15.4. The first-order valence-electron chi connectivity index (χ1n) is 8.42. The first kappa shape index (κ1) is 17.2. The quantitative estimate of drug-likeness (QED) is 0.911. The lowest BCUT2D eigenvalue weighted by molar-refractivity contribution is 0.0970. The van der Waals surface area contributed by atoms with Crippen molar-refractivity contribution in [2.24, 2.45) is 5.73 Å². The van der Waals surface area contributed by atoms with Crippen LogP contribution < -0.4 is 5.73 Å². The number of rotatable bonds is 4. The molecule has 0 unspecified atom stereocenters. The predicted octanol–water partition coefficient (Wildman–Crippen LogP) is 3.86. The number of furan rings is 1. The Labute approximate surface area is 146 Å². The van der Waals surface area contributed by atoms with Gasteiger partial charge in [-0.15, -0.1) is 11.3 Å². The van der Waals surface area contributed by atoms with E-state index in [-0.39, 0.29) is 11.2 Å². The maximum Gasteiger partial charge on any atom is 0.284 e. The van der Waals surface area contributed by atoms with Crippen LogP contribution in [0.5, 0.6) is 0 Å². The minimum Gasteiger partial charge on any atom is -0.455 e. The van der Waals surface area contributed by atoms with Crippen molar-refractivity contribution in [3.8, 4) is 0 Å². The van der Waals surface area contributed by atoms with Crippen molar-refractivity contribution in [3.63, 3.8) is 0 Å². The standard InChI is InChI=1S/C18H25N3O2S/c1-18(2,3)15-12(10-14(23-15)16(19)22)11-21-8-5-4-6-13(21)17-20-7-9-24-17/h7,9-10,13H,4-6,8,11H2,1-3H3,(H2,19,22)/t13-/m0/s1. The predicted molar refractivity (Wildman–Crippen MR) is 95.0 cm³/mol. The highest BCUT2D eigenvalue weighted by Gasteiger charge is 2.30. The number of nitrogens with two attached hydrogens (primary N) is 1. The molecule has 6 heteroatoms. The van der Waals surface area contributed by atoms with Crippen LogP contribution in [-0.2, 0) is 12.0 Å². The lowest BCUT2D eigenvalue weighted by Crippen LogP contribution is -2.33. The molecule has 1 saturated heterocycles. The maximum absolute atomic E-state index is 11.5. The summed E-state index contributed by atoms with van der Waals surface area (Å²) in [5.41, 5.74) is 6.31. The van der Waals surface area contributed by atoms with E-state index in [1.54, 1.807) is 11.3 Å². The van der Waals surface area contributed by atoms with Gasteiger partial charge in [0.15, 0.2) is 5.76 Å². The van der Waals surface area contributed by atoms with Gasteiger partial charge in [0.1, 0.15) is 10.8 Å². The number of nitrogens with zero attached hydrogens (tertiary/aromatic N) is 2. The fraction of sp³-hybridized carbons (Fsp3) is 0.556. The van der Waals surface area contributed by atoms with E-state index in [1.807, 2.05) is 17.6 Å². The highest BCUT2D eigenvalue weighted by molar-refractivity contribution is 7.09. The van der Waals surface area contributed by atoms with Gasteiger partial charge in [-0.3, -0.25) is 9.69 Å². The third kappa shape index (κ3) is 3.54. The van der Waals surface area contributed by atoms with Crippen LogP contribution >= 0.6 is 11.3 Å². The summed E-state index contributed by atoms with van der Waals surface area (Å²) in [4.78, 5) is 18.5. The largest absolute Gasteiger partial charge is 0.455 e. The Bertz CT molecular complexity index is 700. The van der Waals surface area contributed by atoms with Gasteiger partial charge in [0.25, 0.3) is 5.91 Å². The third-order valence-electron chi connectivity index (χ3n) is 4.46. The molecule has 3 rings (SSSR count). The molecule has 24 heavy (non-hydrogen) atoms. The van der Waals surface area contributed by atoms with Crippen LogP contribution in [0.15, 0.2) is 22.1 Å². The molecule has 3 heterocycles. The summed E-state index contributed by atoms with van der Waals surface area (Å²) >= 11 is 1.71.